The number of ether oxygens (including phenoxy) is 1. The van der Waals surface area contributed by atoms with Crippen LogP contribution in [0.3, 0.4) is 0 Å². The zero-order chi connectivity index (χ0) is 33.8. The Labute approximate surface area is 286 Å². The number of aryl methyl sites for hydroxylation is 2. The molecule has 0 N–H and O–H groups in total. The molecule has 3 heterocycles. The molecule has 7 aromatic rings. The van der Waals surface area contributed by atoms with E-state index in [1.807, 2.05) is 41.0 Å². The van der Waals surface area contributed by atoms with Crippen molar-refractivity contribution in [1.82, 2.24) is 19.3 Å². The van der Waals surface area contributed by atoms with Crippen LogP contribution in [-0.2, 0) is 0 Å². The van der Waals surface area contributed by atoms with Gasteiger partial charge in [0.1, 0.15) is 23.1 Å². The van der Waals surface area contributed by atoms with Crippen LogP contribution in [0.25, 0.3) is 33.3 Å². The molecule has 8 rings (SSSR count). The van der Waals surface area contributed by atoms with Crippen LogP contribution in [0.4, 0.5) is 4.39 Å². The summed E-state index contributed by atoms with van der Waals surface area (Å²) in [6.07, 6.45) is 5.07. The summed E-state index contributed by atoms with van der Waals surface area (Å²) in [6, 6.07) is 34.1. The molecule has 0 unspecified atom stereocenters. The summed E-state index contributed by atoms with van der Waals surface area (Å²) >= 11 is 0. The van der Waals surface area contributed by atoms with Crippen LogP contribution in [0.2, 0.25) is 0 Å². The number of allylic oxidation sites excluding steroid dienone is 2. The molecule has 3 atom stereocenters. The van der Waals surface area contributed by atoms with E-state index < -0.39 is 0 Å². The van der Waals surface area contributed by atoms with Crippen LogP contribution < -0.4 is 4.74 Å². The number of rotatable bonds is 6. The van der Waals surface area contributed by atoms with Gasteiger partial charge in [-0.3, -0.25) is 4.57 Å². The van der Waals surface area contributed by atoms with Gasteiger partial charge in [-0.15, -0.1) is 0 Å². The van der Waals surface area contributed by atoms with Gasteiger partial charge in [-0.05, 0) is 87.6 Å². The monoisotopic (exact) mass is 646 g/mol. The zero-order valence-electron chi connectivity index (χ0n) is 28.5. The highest BCUT2D eigenvalue weighted by Crippen LogP contribution is 2.46. The molecule has 1 aliphatic carbocycles. The molecule has 0 spiro atoms. The Kier molecular flexibility index (Phi) is 7.67. The normalized spacial score (nSPS) is 17.8. The SMILES string of the molecule is CC1=C[C@@H](c2ccccc2)C[C@H](C)[C@@H]1c1c(C)nn(-c2cc(C)cc(Oc3ccc4c5ccccc5n(-c5cc(F)ccn5)c4c3)c2)c1C. The lowest BCUT2D eigenvalue weighted by molar-refractivity contribution is 0.420. The maximum Gasteiger partial charge on any atom is 0.140 e. The lowest BCUT2D eigenvalue weighted by atomic mass is 9.70. The first-order chi connectivity index (χ1) is 23.7. The molecule has 0 saturated heterocycles. The Morgan fingerprint density at radius 1 is 0.776 bits per heavy atom. The fraction of sp³-hybridized carbons (Fsp3) is 0.209. The number of pyridine rings is 1. The van der Waals surface area contributed by atoms with Crippen molar-refractivity contribution >= 4 is 21.8 Å². The molecule has 0 bridgehead atoms. The van der Waals surface area contributed by atoms with Crippen molar-refractivity contribution in [3.63, 3.8) is 0 Å². The molecular weight excluding hydrogens is 607 g/mol. The highest BCUT2D eigenvalue weighted by atomic mass is 19.1. The second kappa shape index (κ2) is 12.2. The lowest BCUT2D eigenvalue weighted by Crippen LogP contribution is -2.20. The number of aromatic nitrogens is 4. The molecule has 5 nitrogen and oxygen atoms in total. The van der Waals surface area contributed by atoms with Gasteiger partial charge < -0.3 is 4.74 Å². The summed E-state index contributed by atoms with van der Waals surface area (Å²) in [5.74, 6) is 2.84. The minimum absolute atomic E-state index is 0.320. The van der Waals surface area contributed by atoms with E-state index in [4.69, 9.17) is 9.84 Å². The molecule has 6 heteroatoms. The number of para-hydroxylation sites is 1. The van der Waals surface area contributed by atoms with Crippen LogP contribution in [-0.4, -0.2) is 19.3 Å². The minimum atomic E-state index is -0.330. The van der Waals surface area contributed by atoms with Gasteiger partial charge in [0.2, 0.25) is 0 Å². The Balaban J connectivity index is 1.14. The van der Waals surface area contributed by atoms with E-state index in [-0.39, 0.29) is 5.82 Å². The van der Waals surface area contributed by atoms with Crippen LogP contribution in [0.1, 0.15) is 60.2 Å². The van der Waals surface area contributed by atoms with Crippen molar-refractivity contribution in [3.05, 3.63) is 155 Å². The molecule has 3 aromatic heterocycles. The smallest absolute Gasteiger partial charge is 0.140 e. The molecule has 4 aromatic carbocycles. The molecule has 0 saturated carbocycles. The number of fused-ring (bicyclic) bond motifs is 3. The number of hydrogen-bond acceptors (Lipinski definition) is 3. The van der Waals surface area contributed by atoms with E-state index in [2.05, 4.69) is 105 Å². The first-order valence-corrected chi connectivity index (χ1v) is 17.0. The standard InChI is InChI=1S/C43H39FN4O/c1-26-19-34(48-30(5)43(29(4)46-48)42-27(2)21-32(22-28(42)3)31-11-7-6-8-12-31)24-36(20-26)49-35-15-16-38-37-13-9-10-14-39(37)47(40(38)25-35)41-23-33(44)17-18-45-41/h6-21,23-25,28,32,42H,22H2,1-5H3/t28-,32+,42+/m0/s1. The van der Waals surface area contributed by atoms with E-state index in [1.54, 1.807) is 0 Å². The molecular formula is C43H39FN4O. The van der Waals surface area contributed by atoms with E-state index in [1.165, 1.54) is 35.0 Å². The highest BCUT2D eigenvalue weighted by molar-refractivity contribution is 6.09. The first-order valence-electron chi connectivity index (χ1n) is 17.0. The quantitative estimate of drug-likeness (QED) is 0.169. The summed E-state index contributed by atoms with van der Waals surface area (Å²) < 4.78 is 25.0. The highest BCUT2D eigenvalue weighted by Gasteiger charge is 2.33. The molecule has 0 aliphatic heterocycles. The van der Waals surface area contributed by atoms with Crippen molar-refractivity contribution < 1.29 is 9.13 Å². The van der Waals surface area contributed by atoms with Gasteiger partial charge in [0.05, 0.1) is 22.4 Å². The summed E-state index contributed by atoms with van der Waals surface area (Å²) in [5, 5.41) is 7.22. The van der Waals surface area contributed by atoms with Crippen LogP contribution in [0.15, 0.2) is 121 Å². The van der Waals surface area contributed by atoms with Gasteiger partial charge >= 0.3 is 0 Å². The first kappa shape index (κ1) is 30.8. The van der Waals surface area contributed by atoms with Crippen LogP contribution >= 0.6 is 0 Å². The van der Waals surface area contributed by atoms with E-state index in [9.17, 15) is 4.39 Å². The third-order valence-electron chi connectivity index (χ3n) is 10.1. The fourth-order valence-electron chi connectivity index (χ4n) is 8.10. The van der Waals surface area contributed by atoms with E-state index in [0.717, 1.165) is 56.6 Å². The second-order valence-corrected chi connectivity index (χ2v) is 13.6. The molecule has 0 fully saturated rings. The molecule has 244 valence electrons. The van der Waals surface area contributed by atoms with Crippen molar-refractivity contribution in [2.45, 2.75) is 52.9 Å². The zero-order valence-corrected chi connectivity index (χ0v) is 28.5. The summed E-state index contributed by atoms with van der Waals surface area (Å²) in [6.45, 7) is 11.1. The Morgan fingerprint density at radius 3 is 2.35 bits per heavy atom. The summed E-state index contributed by atoms with van der Waals surface area (Å²) in [4.78, 5) is 4.50. The van der Waals surface area contributed by atoms with Gasteiger partial charge in [-0.2, -0.15) is 5.10 Å². The topological polar surface area (TPSA) is 44.9 Å². The summed E-state index contributed by atoms with van der Waals surface area (Å²) in [7, 11) is 0. The predicted molar refractivity (Wildman–Crippen MR) is 196 cm³/mol. The largest absolute Gasteiger partial charge is 0.457 e. The Morgan fingerprint density at radius 2 is 1.55 bits per heavy atom. The maximum absolute atomic E-state index is 14.3. The van der Waals surface area contributed by atoms with Crippen molar-refractivity contribution in [2.75, 3.05) is 0 Å². The third-order valence-corrected chi connectivity index (χ3v) is 10.1. The van der Waals surface area contributed by atoms with Crippen LogP contribution in [0.5, 0.6) is 11.5 Å². The van der Waals surface area contributed by atoms with Crippen molar-refractivity contribution in [3.8, 4) is 23.0 Å². The van der Waals surface area contributed by atoms with Crippen LogP contribution in [0, 0.1) is 32.5 Å². The summed E-state index contributed by atoms with van der Waals surface area (Å²) in [5.41, 5.74) is 10.2. The van der Waals surface area contributed by atoms with Gasteiger partial charge in [0.25, 0.3) is 0 Å². The van der Waals surface area contributed by atoms with Crippen molar-refractivity contribution in [2.24, 2.45) is 5.92 Å². The number of halogens is 1. The third kappa shape index (κ3) is 5.51. The van der Waals surface area contributed by atoms with Gasteiger partial charge in [-0.1, -0.05) is 67.1 Å². The second-order valence-electron chi connectivity index (χ2n) is 13.6. The average Bonchev–Trinajstić information content (AvgIpc) is 3.57. The van der Waals surface area contributed by atoms with Gasteiger partial charge in [-0.25, -0.2) is 14.1 Å². The average molecular weight is 647 g/mol. The number of hydrogen-bond donors (Lipinski definition) is 0. The molecule has 0 radical (unpaired) electrons. The lowest BCUT2D eigenvalue weighted by Gasteiger charge is -2.34. The Hall–Kier alpha value is -5.49. The molecule has 49 heavy (non-hydrogen) atoms. The van der Waals surface area contributed by atoms with E-state index in [0.29, 0.717) is 29.3 Å². The maximum atomic E-state index is 14.3. The number of nitrogens with zero attached hydrogens (tertiary/aromatic N) is 4. The predicted octanol–water partition coefficient (Wildman–Crippen LogP) is 11.1. The van der Waals surface area contributed by atoms with Crippen molar-refractivity contribution in [1.29, 1.82) is 0 Å². The minimum Gasteiger partial charge on any atom is -0.457 e. The van der Waals surface area contributed by atoms with Gasteiger partial charge in [0.15, 0.2) is 0 Å². The molecule has 1 aliphatic rings. The Bertz CT molecular complexity index is 2390. The fourth-order valence-corrected chi connectivity index (χ4v) is 8.10. The van der Waals surface area contributed by atoms with E-state index >= 15 is 0 Å². The molecule has 0 amide bonds. The van der Waals surface area contributed by atoms with Gasteiger partial charge in [0, 0.05) is 58.3 Å². The number of benzene rings is 4.